The summed E-state index contributed by atoms with van der Waals surface area (Å²) in [5, 5.41) is 10.7. The lowest BCUT2D eigenvalue weighted by Gasteiger charge is -2.24. The van der Waals surface area contributed by atoms with Crippen molar-refractivity contribution in [2.24, 2.45) is 0 Å². The van der Waals surface area contributed by atoms with E-state index < -0.39 is 5.41 Å². The van der Waals surface area contributed by atoms with Crippen LogP contribution in [0.1, 0.15) is 18.9 Å². The molecule has 1 atom stereocenters. The van der Waals surface area contributed by atoms with Crippen molar-refractivity contribution in [2.45, 2.75) is 23.7 Å². The lowest BCUT2D eigenvalue weighted by atomic mass is 9.82. The van der Waals surface area contributed by atoms with Crippen LogP contribution in [0.4, 0.5) is 0 Å². The molecular weight excluding hydrogens is 323 g/mol. The highest BCUT2D eigenvalue weighted by Gasteiger charge is 2.30. The molecule has 1 unspecified atom stereocenters. The van der Waals surface area contributed by atoms with E-state index in [4.69, 9.17) is 23.2 Å². The van der Waals surface area contributed by atoms with Crippen molar-refractivity contribution < 1.29 is 0 Å². The van der Waals surface area contributed by atoms with Crippen LogP contribution in [0.5, 0.6) is 0 Å². The minimum atomic E-state index is -0.551. The van der Waals surface area contributed by atoms with E-state index in [9.17, 15) is 5.26 Å². The normalized spacial score (nSPS) is 13.4. The summed E-state index contributed by atoms with van der Waals surface area (Å²) in [7, 11) is 0. The van der Waals surface area contributed by atoms with Crippen molar-refractivity contribution in [3.8, 4) is 6.07 Å². The number of thioether (sulfide) groups is 1. The Balaban J connectivity index is 2.21. The van der Waals surface area contributed by atoms with Gasteiger partial charge >= 0.3 is 0 Å². The molecule has 0 N–H and O–H groups in total. The Bertz CT molecular complexity index is 655. The SMILES string of the molecule is CCC(C#N)(CSc1ccc(Cl)c(Cl)c1)c1cccnc1. The zero-order valence-electron chi connectivity index (χ0n) is 11.5. The van der Waals surface area contributed by atoms with Gasteiger partial charge in [-0.3, -0.25) is 4.98 Å². The summed E-state index contributed by atoms with van der Waals surface area (Å²) >= 11 is 13.5. The van der Waals surface area contributed by atoms with Crippen LogP contribution in [0.25, 0.3) is 0 Å². The van der Waals surface area contributed by atoms with Crippen molar-refractivity contribution in [1.82, 2.24) is 4.98 Å². The molecule has 2 nitrogen and oxygen atoms in total. The smallest absolute Gasteiger partial charge is 0.0928 e. The van der Waals surface area contributed by atoms with Crippen LogP contribution >= 0.6 is 35.0 Å². The van der Waals surface area contributed by atoms with E-state index in [-0.39, 0.29) is 0 Å². The number of hydrogen-bond donors (Lipinski definition) is 0. The van der Waals surface area contributed by atoms with Crippen LogP contribution in [0.2, 0.25) is 10.0 Å². The van der Waals surface area contributed by atoms with Gasteiger partial charge in [0.15, 0.2) is 0 Å². The molecule has 0 radical (unpaired) electrons. The van der Waals surface area contributed by atoms with Crippen molar-refractivity contribution in [2.75, 3.05) is 5.75 Å². The standard InChI is InChI=1S/C16H14Cl2N2S/c1-2-16(10-19,12-4-3-7-20-9-12)11-21-13-5-6-14(17)15(18)8-13/h3-9H,2,11H2,1H3. The first-order chi connectivity index (χ1) is 10.1. The summed E-state index contributed by atoms with van der Waals surface area (Å²) in [6.45, 7) is 2.02. The molecule has 0 fully saturated rings. The van der Waals surface area contributed by atoms with Gasteiger partial charge in [-0.05, 0) is 36.2 Å². The maximum Gasteiger partial charge on any atom is 0.0928 e. The first kappa shape index (κ1) is 16.2. The van der Waals surface area contributed by atoms with Crippen LogP contribution in [0, 0.1) is 11.3 Å². The van der Waals surface area contributed by atoms with Gasteiger partial charge in [0, 0.05) is 23.0 Å². The van der Waals surface area contributed by atoms with Gasteiger partial charge in [-0.2, -0.15) is 5.26 Å². The molecule has 0 spiro atoms. The molecule has 108 valence electrons. The largest absolute Gasteiger partial charge is 0.264 e. The number of nitrogens with zero attached hydrogens (tertiary/aromatic N) is 2. The van der Waals surface area contributed by atoms with Gasteiger partial charge in [0.1, 0.15) is 0 Å². The zero-order valence-corrected chi connectivity index (χ0v) is 13.8. The third kappa shape index (κ3) is 3.71. The molecule has 0 saturated heterocycles. The van der Waals surface area contributed by atoms with Gasteiger partial charge < -0.3 is 0 Å². The average Bonchev–Trinajstić information content (AvgIpc) is 2.53. The van der Waals surface area contributed by atoms with E-state index in [2.05, 4.69) is 11.1 Å². The Morgan fingerprint density at radius 1 is 1.29 bits per heavy atom. The predicted molar refractivity (Wildman–Crippen MR) is 89.0 cm³/mol. The third-order valence-electron chi connectivity index (χ3n) is 3.41. The second-order valence-electron chi connectivity index (χ2n) is 4.65. The first-order valence-electron chi connectivity index (χ1n) is 6.51. The topological polar surface area (TPSA) is 36.7 Å². The van der Waals surface area contributed by atoms with Gasteiger partial charge in [-0.1, -0.05) is 36.2 Å². The zero-order chi connectivity index (χ0) is 15.3. The lowest BCUT2D eigenvalue weighted by molar-refractivity contribution is 0.595. The van der Waals surface area contributed by atoms with Crippen LogP contribution in [-0.4, -0.2) is 10.7 Å². The molecule has 1 heterocycles. The Kier molecular flexibility index (Phi) is 5.52. The van der Waals surface area contributed by atoms with Crippen LogP contribution in [0.3, 0.4) is 0 Å². The van der Waals surface area contributed by atoms with Gasteiger partial charge in [0.2, 0.25) is 0 Å². The molecular formula is C16H14Cl2N2S. The van der Waals surface area contributed by atoms with E-state index in [1.165, 1.54) is 0 Å². The number of nitriles is 1. The fourth-order valence-corrected chi connectivity index (χ4v) is 3.56. The Morgan fingerprint density at radius 3 is 2.67 bits per heavy atom. The third-order valence-corrected chi connectivity index (χ3v) is 5.37. The molecule has 0 aliphatic carbocycles. The van der Waals surface area contributed by atoms with E-state index in [0.717, 1.165) is 16.9 Å². The first-order valence-corrected chi connectivity index (χ1v) is 8.25. The van der Waals surface area contributed by atoms with Crippen LogP contribution in [0.15, 0.2) is 47.6 Å². The molecule has 0 amide bonds. The highest BCUT2D eigenvalue weighted by molar-refractivity contribution is 7.99. The quantitative estimate of drug-likeness (QED) is 0.690. The minimum Gasteiger partial charge on any atom is -0.264 e. The Morgan fingerprint density at radius 2 is 2.10 bits per heavy atom. The van der Waals surface area contributed by atoms with E-state index in [1.54, 1.807) is 30.2 Å². The van der Waals surface area contributed by atoms with Crippen molar-refractivity contribution in [3.05, 3.63) is 58.3 Å². The fraction of sp³-hybridized carbons (Fsp3) is 0.250. The molecule has 0 bridgehead atoms. The molecule has 21 heavy (non-hydrogen) atoms. The fourth-order valence-electron chi connectivity index (χ4n) is 1.98. The number of rotatable bonds is 5. The monoisotopic (exact) mass is 336 g/mol. The molecule has 0 saturated carbocycles. The van der Waals surface area contributed by atoms with E-state index >= 15 is 0 Å². The average molecular weight is 337 g/mol. The maximum absolute atomic E-state index is 9.67. The molecule has 2 aromatic rings. The number of benzene rings is 1. The number of halogens is 2. The van der Waals surface area contributed by atoms with Crippen molar-refractivity contribution >= 4 is 35.0 Å². The predicted octanol–water partition coefficient (Wildman–Crippen LogP) is 5.35. The Hall–Kier alpha value is -1.21. The number of pyridine rings is 1. The molecule has 0 aliphatic rings. The summed E-state index contributed by atoms with van der Waals surface area (Å²) < 4.78 is 0. The molecule has 0 aliphatic heterocycles. The maximum atomic E-state index is 9.67. The highest BCUT2D eigenvalue weighted by atomic mass is 35.5. The van der Waals surface area contributed by atoms with Gasteiger partial charge in [0.05, 0.1) is 21.5 Å². The second kappa shape index (κ2) is 7.17. The van der Waals surface area contributed by atoms with Gasteiger partial charge in [-0.25, -0.2) is 0 Å². The van der Waals surface area contributed by atoms with Gasteiger partial charge in [0.25, 0.3) is 0 Å². The van der Waals surface area contributed by atoms with E-state index in [1.807, 2.05) is 31.2 Å². The summed E-state index contributed by atoms with van der Waals surface area (Å²) in [5.74, 6) is 0.643. The van der Waals surface area contributed by atoms with Gasteiger partial charge in [-0.15, -0.1) is 11.8 Å². The van der Waals surface area contributed by atoms with Crippen molar-refractivity contribution in [3.63, 3.8) is 0 Å². The van der Waals surface area contributed by atoms with Crippen LogP contribution < -0.4 is 0 Å². The lowest BCUT2D eigenvalue weighted by Crippen LogP contribution is -2.26. The molecule has 2 rings (SSSR count). The number of aromatic nitrogens is 1. The van der Waals surface area contributed by atoms with E-state index in [0.29, 0.717) is 15.8 Å². The highest BCUT2D eigenvalue weighted by Crippen LogP contribution is 2.35. The number of hydrogen-bond acceptors (Lipinski definition) is 3. The Labute approximate surface area is 139 Å². The second-order valence-corrected chi connectivity index (χ2v) is 6.52. The minimum absolute atomic E-state index is 0.530. The molecule has 1 aromatic heterocycles. The summed E-state index contributed by atoms with van der Waals surface area (Å²) in [5.41, 5.74) is 0.396. The summed E-state index contributed by atoms with van der Waals surface area (Å²) in [6.07, 6.45) is 4.21. The van der Waals surface area contributed by atoms with Crippen molar-refractivity contribution in [1.29, 1.82) is 5.26 Å². The summed E-state index contributed by atoms with van der Waals surface area (Å²) in [6, 6.07) is 11.8. The summed E-state index contributed by atoms with van der Waals surface area (Å²) in [4.78, 5) is 5.13. The molecule has 5 heteroatoms. The molecule has 1 aromatic carbocycles. The van der Waals surface area contributed by atoms with Crippen LogP contribution in [-0.2, 0) is 5.41 Å².